The summed E-state index contributed by atoms with van der Waals surface area (Å²) in [6, 6.07) is 12.7. The predicted octanol–water partition coefficient (Wildman–Crippen LogP) is 4.63. The molecule has 0 amide bonds. The lowest BCUT2D eigenvalue weighted by molar-refractivity contribution is 0.282. The molecule has 3 nitrogen and oxygen atoms in total. The Morgan fingerprint density at radius 3 is 2.46 bits per heavy atom. The third-order valence-corrected chi connectivity index (χ3v) is 5.60. The first-order valence-electron chi connectivity index (χ1n) is 7.98. The van der Waals surface area contributed by atoms with Crippen molar-refractivity contribution in [2.75, 3.05) is 18.0 Å². The van der Waals surface area contributed by atoms with Crippen molar-refractivity contribution >= 4 is 23.1 Å². The van der Waals surface area contributed by atoms with Gasteiger partial charge in [0.1, 0.15) is 5.82 Å². The number of hydrogen-bond donors (Lipinski definition) is 1. The van der Waals surface area contributed by atoms with Gasteiger partial charge in [-0.2, -0.15) is 0 Å². The number of aliphatic hydroxyl groups excluding tert-OH is 1. The van der Waals surface area contributed by atoms with Crippen molar-refractivity contribution in [2.24, 2.45) is 0 Å². The molecule has 0 aliphatic carbocycles. The van der Waals surface area contributed by atoms with Crippen LogP contribution in [0.3, 0.4) is 0 Å². The molecule has 1 aliphatic heterocycles. The zero-order valence-electron chi connectivity index (χ0n) is 13.3. The van der Waals surface area contributed by atoms with Gasteiger partial charge in [-0.1, -0.05) is 18.2 Å². The molecule has 1 heterocycles. The van der Waals surface area contributed by atoms with E-state index < -0.39 is 0 Å². The molecule has 0 saturated carbocycles. The molecule has 1 aliphatic rings. The Morgan fingerprint density at radius 2 is 1.88 bits per heavy atom. The van der Waals surface area contributed by atoms with Crippen LogP contribution in [0.2, 0.25) is 0 Å². The fraction of sp³-hybridized carbons (Fsp3) is 0.316. The highest BCUT2D eigenvalue weighted by Gasteiger charge is 2.22. The second-order valence-electron chi connectivity index (χ2n) is 5.85. The van der Waals surface area contributed by atoms with Gasteiger partial charge in [0.2, 0.25) is 0 Å². The second kappa shape index (κ2) is 7.69. The van der Waals surface area contributed by atoms with Crippen LogP contribution in [0.4, 0.5) is 15.8 Å². The highest BCUT2D eigenvalue weighted by Crippen LogP contribution is 2.33. The molecule has 2 aromatic rings. The van der Waals surface area contributed by atoms with Gasteiger partial charge >= 0.3 is 0 Å². The van der Waals surface area contributed by atoms with E-state index in [9.17, 15) is 4.39 Å². The molecule has 1 N–H and O–H groups in total. The summed E-state index contributed by atoms with van der Waals surface area (Å²) < 4.78 is 14.1. The van der Waals surface area contributed by atoms with E-state index in [1.807, 2.05) is 36.0 Å². The summed E-state index contributed by atoms with van der Waals surface area (Å²) in [7, 11) is 0. The highest BCUT2D eigenvalue weighted by molar-refractivity contribution is 8.00. The third-order valence-electron chi connectivity index (χ3n) is 4.25. The number of piperidine rings is 1. The molecule has 5 heteroatoms. The maximum atomic E-state index is 14.1. The topological polar surface area (TPSA) is 27.8 Å². The zero-order chi connectivity index (χ0) is 16.9. The summed E-state index contributed by atoms with van der Waals surface area (Å²) in [6.07, 6.45) is 1.99. The number of hydrogen-bond acceptors (Lipinski definition) is 3. The van der Waals surface area contributed by atoms with Crippen LogP contribution < -0.4 is 4.90 Å². The van der Waals surface area contributed by atoms with Gasteiger partial charge in [-0.3, -0.25) is 0 Å². The van der Waals surface area contributed by atoms with E-state index in [0.29, 0.717) is 16.6 Å². The standard InChI is InChI=1S/C19H19FN2OS/c1-21-15-4-7-19(18(20)12-15)22-10-8-17(9-11-22)24-16-5-2-14(13-23)3-6-16/h2-7,12,17,23H,8-11,13H2. The Morgan fingerprint density at radius 1 is 1.17 bits per heavy atom. The zero-order valence-corrected chi connectivity index (χ0v) is 14.1. The van der Waals surface area contributed by atoms with E-state index >= 15 is 0 Å². The van der Waals surface area contributed by atoms with E-state index in [1.54, 1.807) is 12.1 Å². The minimum absolute atomic E-state index is 0.0706. The molecule has 1 fully saturated rings. The van der Waals surface area contributed by atoms with Crippen LogP contribution in [-0.4, -0.2) is 23.4 Å². The fourth-order valence-corrected chi connectivity index (χ4v) is 4.03. The van der Waals surface area contributed by atoms with Crippen LogP contribution in [0.5, 0.6) is 0 Å². The number of aliphatic hydroxyl groups is 1. The molecule has 0 radical (unpaired) electrons. The summed E-state index contributed by atoms with van der Waals surface area (Å²) >= 11 is 1.85. The van der Waals surface area contributed by atoms with Crippen LogP contribution in [0.1, 0.15) is 18.4 Å². The molecule has 0 spiro atoms. The monoisotopic (exact) mass is 342 g/mol. The third kappa shape index (κ3) is 3.89. The predicted molar refractivity (Wildman–Crippen MR) is 96.1 cm³/mol. The maximum Gasteiger partial charge on any atom is 0.190 e. The summed E-state index contributed by atoms with van der Waals surface area (Å²) in [5.74, 6) is -0.311. The molecule has 24 heavy (non-hydrogen) atoms. The number of benzene rings is 2. The Hall–Kier alpha value is -2.03. The molecule has 124 valence electrons. The molecule has 0 unspecified atom stereocenters. The Labute approximate surface area is 145 Å². The van der Waals surface area contributed by atoms with Gasteiger partial charge in [0.25, 0.3) is 0 Å². The van der Waals surface area contributed by atoms with Gasteiger partial charge in [0.15, 0.2) is 5.69 Å². The van der Waals surface area contributed by atoms with Crippen molar-refractivity contribution in [3.8, 4) is 0 Å². The van der Waals surface area contributed by atoms with E-state index in [4.69, 9.17) is 11.7 Å². The van der Waals surface area contributed by atoms with Crippen molar-refractivity contribution in [3.63, 3.8) is 0 Å². The highest BCUT2D eigenvalue weighted by atomic mass is 32.2. The molecule has 3 rings (SSSR count). The molecule has 0 atom stereocenters. The fourth-order valence-electron chi connectivity index (χ4n) is 2.90. The summed E-state index contributed by atoms with van der Waals surface area (Å²) in [5.41, 5.74) is 1.86. The average Bonchev–Trinajstić information content (AvgIpc) is 2.63. The molecule has 1 saturated heterocycles. The molecular weight excluding hydrogens is 323 g/mol. The Balaban J connectivity index is 1.58. The van der Waals surface area contributed by atoms with Crippen molar-refractivity contribution in [1.82, 2.24) is 0 Å². The second-order valence-corrected chi connectivity index (χ2v) is 7.23. The largest absolute Gasteiger partial charge is 0.392 e. The number of thioether (sulfide) groups is 1. The molecular formula is C19H19FN2OS. The first-order valence-corrected chi connectivity index (χ1v) is 8.86. The van der Waals surface area contributed by atoms with E-state index in [2.05, 4.69) is 9.74 Å². The Bertz CT molecular complexity index is 734. The normalized spacial score (nSPS) is 15.3. The lowest BCUT2D eigenvalue weighted by atomic mass is 10.1. The first kappa shape index (κ1) is 16.8. The number of nitrogens with zero attached hydrogens (tertiary/aromatic N) is 2. The van der Waals surface area contributed by atoms with E-state index in [0.717, 1.165) is 31.5 Å². The van der Waals surface area contributed by atoms with Crippen LogP contribution >= 0.6 is 11.8 Å². The van der Waals surface area contributed by atoms with Crippen molar-refractivity contribution in [2.45, 2.75) is 29.6 Å². The Kier molecular flexibility index (Phi) is 5.39. The quantitative estimate of drug-likeness (QED) is 0.821. The van der Waals surface area contributed by atoms with Crippen LogP contribution in [0.15, 0.2) is 47.4 Å². The van der Waals surface area contributed by atoms with Crippen molar-refractivity contribution in [1.29, 1.82) is 0 Å². The first-order chi connectivity index (χ1) is 11.7. The minimum Gasteiger partial charge on any atom is -0.392 e. The number of halogens is 1. The van der Waals surface area contributed by atoms with Gasteiger partial charge in [-0.05, 0) is 42.7 Å². The lowest BCUT2D eigenvalue weighted by Gasteiger charge is -2.33. The summed E-state index contributed by atoms with van der Waals surface area (Å²) in [5, 5.41) is 9.60. The van der Waals surface area contributed by atoms with Crippen LogP contribution in [0, 0.1) is 12.4 Å². The maximum absolute atomic E-state index is 14.1. The molecule has 0 aromatic heterocycles. The SMILES string of the molecule is [C-]#[N+]c1ccc(N2CCC(Sc3ccc(CO)cc3)CC2)c(F)c1. The van der Waals surface area contributed by atoms with Crippen molar-refractivity contribution in [3.05, 3.63) is 65.3 Å². The van der Waals surface area contributed by atoms with Crippen molar-refractivity contribution < 1.29 is 9.50 Å². The van der Waals surface area contributed by atoms with Crippen LogP contribution in [-0.2, 0) is 6.61 Å². The van der Waals surface area contributed by atoms with Gasteiger partial charge < -0.3 is 10.0 Å². The average molecular weight is 342 g/mol. The minimum atomic E-state index is -0.311. The summed E-state index contributed by atoms with van der Waals surface area (Å²) in [6.45, 7) is 8.65. The van der Waals surface area contributed by atoms with Gasteiger partial charge in [-0.15, -0.1) is 11.8 Å². The van der Waals surface area contributed by atoms with Crippen LogP contribution in [0.25, 0.3) is 4.85 Å². The van der Waals surface area contributed by atoms with Gasteiger partial charge in [-0.25, -0.2) is 9.24 Å². The molecule has 2 aromatic carbocycles. The number of anilines is 1. The van der Waals surface area contributed by atoms with Gasteiger partial charge in [0.05, 0.1) is 18.9 Å². The van der Waals surface area contributed by atoms with Gasteiger partial charge in [0, 0.05) is 23.2 Å². The molecule has 0 bridgehead atoms. The van der Waals surface area contributed by atoms with E-state index in [1.165, 1.54) is 11.0 Å². The number of rotatable bonds is 4. The van der Waals surface area contributed by atoms with E-state index in [-0.39, 0.29) is 12.4 Å². The summed E-state index contributed by atoms with van der Waals surface area (Å²) in [4.78, 5) is 6.53. The lowest BCUT2D eigenvalue weighted by Crippen LogP contribution is -2.35. The smallest absolute Gasteiger partial charge is 0.190 e.